The van der Waals surface area contributed by atoms with Crippen molar-refractivity contribution in [3.8, 4) is 17.5 Å². The summed E-state index contributed by atoms with van der Waals surface area (Å²) in [4.78, 5) is 44.4. The second-order valence-corrected chi connectivity index (χ2v) is 8.23. The van der Waals surface area contributed by atoms with E-state index in [1.165, 1.54) is 11.2 Å². The molecular weight excluding hydrogens is 436 g/mol. The molecule has 2 fully saturated rings. The summed E-state index contributed by atoms with van der Waals surface area (Å²) in [6.45, 7) is 2.46. The molecule has 2 saturated heterocycles. The van der Waals surface area contributed by atoms with E-state index in [1.807, 2.05) is 0 Å². The molecule has 3 heterocycles. The van der Waals surface area contributed by atoms with Gasteiger partial charge in [0.25, 0.3) is 11.1 Å². The number of nitrogens with one attached hydrogen (secondary N) is 1. The van der Waals surface area contributed by atoms with Crippen LogP contribution in [0.1, 0.15) is 24.0 Å². The molecule has 2 aliphatic rings. The summed E-state index contributed by atoms with van der Waals surface area (Å²) < 4.78 is 11.7. The van der Waals surface area contributed by atoms with Gasteiger partial charge in [0.2, 0.25) is 11.8 Å². The molecule has 2 N–H and O–H groups in total. The molecule has 32 heavy (non-hydrogen) atoms. The minimum atomic E-state index is -0.952. The van der Waals surface area contributed by atoms with Crippen LogP contribution in [0.5, 0.6) is 17.5 Å². The van der Waals surface area contributed by atoms with E-state index < -0.39 is 17.2 Å². The van der Waals surface area contributed by atoms with Gasteiger partial charge < -0.3 is 19.5 Å². The number of rotatable bonds is 6. The number of aromatic nitrogens is 2. The highest BCUT2D eigenvalue weighted by Gasteiger charge is 2.29. The van der Waals surface area contributed by atoms with Gasteiger partial charge in [0.1, 0.15) is 18.7 Å². The SMILES string of the molecule is Cc1c(OCC2CCCN2C(=O)O)ncnc1Oc1cccc(C=C2SC(=O)NC2=O)c1. The molecule has 3 amide bonds. The molecule has 166 valence electrons. The van der Waals surface area contributed by atoms with Crippen LogP contribution in [-0.4, -0.2) is 56.4 Å². The smallest absolute Gasteiger partial charge is 0.407 e. The van der Waals surface area contributed by atoms with Crippen LogP contribution in [0.2, 0.25) is 0 Å². The van der Waals surface area contributed by atoms with Crippen LogP contribution < -0.4 is 14.8 Å². The normalized spacial score (nSPS) is 19.3. The third-order valence-corrected chi connectivity index (χ3v) is 5.85. The van der Waals surface area contributed by atoms with Gasteiger partial charge in [-0.15, -0.1) is 0 Å². The monoisotopic (exact) mass is 456 g/mol. The van der Waals surface area contributed by atoms with E-state index in [2.05, 4.69) is 15.3 Å². The fraction of sp³-hybridized carbons (Fsp3) is 0.286. The summed E-state index contributed by atoms with van der Waals surface area (Å²) in [7, 11) is 0. The van der Waals surface area contributed by atoms with Gasteiger partial charge in [-0.2, -0.15) is 0 Å². The van der Waals surface area contributed by atoms with Gasteiger partial charge in [-0.05, 0) is 55.3 Å². The molecule has 2 aliphatic heterocycles. The van der Waals surface area contributed by atoms with Crippen LogP contribution >= 0.6 is 11.8 Å². The van der Waals surface area contributed by atoms with Crippen molar-refractivity contribution in [1.29, 1.82) is 0 Å². The molecule has 1 atom stereocenters. The fourth-order valence-electron chi connectivity index (χ4n) is 3.46. The van der Waals surface area contributed by atoms with Gasteiger partial charge in [-0.1, -0.05) is 12.1 Å². The Morgan fingerprint density at radius 3 is 2.91 bits per heavy atom. The molecule has 0 aliphatic carbocycles. The Balaban J connectivity index is 1.46. The first-order valence-corrected chi connectivity index (χ1v) is 10.7. The quantitative estimate of drug-likeness (QED) is 0.628. The lowest BCUT2D eigenvalue weighted by Crippen LogP contribution is -2.38. The zero-order chi connectivity index (χ0) is 22.7. The van der Waals surface area contributed by atoms with Crippen molar-refractivity contribution in [2.75, 3.05) is 13.2 Å². The van der Waals surface area contributed by atoms with Crippen molar-refractivity contribution in [1.82, 2.24) is 20.2 Å². The van der Waals surface area contributed by atoms with E-state index in [0.717, 1.165) is 24.6 Å². The van der Waals surface area contributed by atoms with E-state index in [0.29, 0.717) is 40.1 Å². The number of benzene rings is 1. The average Bonchev–Trinajstić information content (AvgIpc) is 3.35. The number of amides is 3. The van der Waals surface area contributed by atoms with Gasteiger partial charge in [-0.3, -0.25) is 14.9 Å². The predicted molar refractivity (Wildman–Crippen MR) is 116 cm³/mol. The van der Waals surface area contributed by atoms with E-state index in [9.17, 15) is 19.5 Å². The number of nitrogens with zero attached hydrogens (tertiary/aromatic N) is 3. The molecule has 0 saturated carbocycles. The lowest BCUT2D eigenvalue weighted by atomic mass is 10.2. The Morgan fingerprint density at radius 2 is 2.16 bits per heavy atom. The Bertz CT molecular complexity index is 1110. The Morgan fingerprint density at radius 1 is 1.34 bits per heavy atom. The number of hydrogen-bond donors (Lipinski definition) is 2. The van der Waals surface area contributed by atoms with Crippen molar-refractivity contribution in [2.45, 2.75) is 25.8 Å². The number of carbonyl (C=O) groups excluding carboxylic acids is 2. The molecule has 11 heteroatoms. The number of likely N-dealkylation sites (tertiary alicyclic amines) is 1. The van der Waals surface area contributed by atoms with Gasteiger partial charge in [0.15, 0.2) is 0 Å². The van der Waals surface area contributed by atoms with Crippen LogP contribution in [-0.2, 0) is 4.79 Å². The van der Waals surface area contributed by atoms with E-state index in [1.54, 1.807) is 37.3 Å². The van der Waals surface area contributed by atoms with Gasteiger partial charge >= 0.3 is 6.09 Å². The van der Waals surface area contributed by atoms with Crippen LogP contribution in [0.25, 0.3) is 6.08 Å². The minimum absolute atomic E-state index is 0.200. The van der Waals surface area contributed by atoms with Crippen molar-refractivity contribution in [3.63, 3.8) is 0 Å². The van der Waals surface area contributed by atoms with Crippen molar-refractivity contribution in [3.05, 3.63) is 46.6 Å². The van der Waals surface area contributed by atoms with Crippen molar-refractivity contribution >= 4 is 35.1 Å². The number of thioether (sulfide) groups is 1. The zero-order valence-corrected chi connectivity index (χ0v) is 17.9. The Kier molecular flexibility index (Phi) is 6.26. The standard InChI is InChI=1S/C21H20N4O6S/c1-12-18(30-10-14-5-3-7-25(14)21(28)29)22-11-23-19(12)31-15-6-2-4-13(8-15)9-16-17(26)24-20(27)32-16/h2,4,6,8-9,11,14H,3,5,7,10H2,1H3,(H,28,29)(H,24,26,27). The van der Waals surface area contributed by atoms with E-state index in [-0.39, 0.29) is 12.6 Å². The number of carbonyl (C=O) groups is 3. The summed E-state index contributed by atoms with van der Waals surface area (Å²) in [5.41, 5.74) is 1.26. The number of ether oxygens (including phenoxy) is 2. The molecule has 10 nitrogen and oxygen atoms in total. The average molecular weight is 456 g/mol. The molecule has 2 aromatic rings. The lowest BCUT2D eigenvalue weighted by molar-refractivity contribution is -0.115. The first-order chi connectivity index (χ1) is 15.4. The second-order valence-electron chi connectivity index (χ2n) is 7.22. The summed E-state index contributed by atoms with van der Waals surface area (Å²) in [5.74, 6) is 0.672. The molecule has 1 aromatic carbocycles. The molecule has 1 unspecified atom stereocenters. The minimum Gasteiger partial charge on any atom is -0.475 e. The highest BCUT2D eigenvalue weighted by molar-refractivity contribution is 8.18. The van der Waals surface area contributed by atoms with Gasteiger partial charge in [0, 0.05) is 6.54 Å². The number of hydrogen-bond acceptors (Lipinski definition) is 8. The summed E-state index contributed by atoms with van der Waals surface area (Å²) in [5, 5.41) is 11.1. The topological polar surface area (TPSA) is 131 Å². The maximum absolute atomic E-state index is 11.7. The highest BCUT2D eigenvalue weighted by atomic mass is 32.2. The van der Waals surface area contributed by atoms with Crippen LogP contribution in [0, 0.1) is 6.92 Å². The van der Waals surface area contributed by atoms with Crippen LogP contribution in [0.3, 0.4) is 0 Å². The van der Waals surface area contributed by atoms with Gasteiger partial charge in [0.05, 0.1) is 16.5 Å². The molecule has 4 rings (SSSR count). The Hall–Kier alpha value is -3.60. The summed E-state index contributed by atoms with van der Waals surface area (Å²) in [6.07, 6.45) is 3.52. The predicted octanol–water partition coefficient (Wildman–Crippen LogP) is 3.42. The zero-order valence-electron chi connectivity index (χ0n) is 17.1. The third-order valence-electron chi connectivity index (χ3n) is 5.04. The summed E-state index contributed by atoms with van der Waals surface area (Å²) >= 11 is 0.844. The van der Waals surface area contributed by atoms with Crippen LogP contribution in [0.4, 0.5) is 9.59 Å². The Labute approximate surface area is 187 Å². The van der Waals surface area contributed by atoms with E-state index in [4.69, 9.17) is 9.47 Å². The van der Waals surface area contributed by atoms with E-state index >= 15 is 0 Å². The first kappa shape index (κ1) is 21.6. The maximum atomic E-state index is 11.7. The van der Waals surface area contributed by atoms with Crippen LogP contribution in [0.15, 0.2) is 35.5 Å². The largest absolute Gasteiger partial charge is 0.475 e. The molecule has 0 bridgehead atoms. The third kappa shape index (κ3) is 4.83. The van der Waals surface area contributed by atoms with Crippen molar-refractivity contribution in [2.24, 2.45) is 0 Å². The highest BCUT2D eigenvalue weighted by Crippen LogP contribution is 2.30. The maximum Gasteiger partial charge on any atom is 0.407 e. The number of imide groups is 1. The number of carboxylic acid groups (broad SMARTS) is 1. The first-order valence-electron chi connectivity index (χ1n) is 9.87. The molecule has 0 radical (unpaired) electrons. The second kappa shape index (κ2) is 9.27. The molecule has 0 spiro atoms. The van der Waals surface area contributed by atoms with Crippen molar-refractivity contribution < 1.29 is 29.0 Å². The lowest BCUT2D eigenvalue weighted by Gasteiger charge is -2.21. The van der Waals surface area contributed by atoms with Gasteiger partial charge in [-0.25, -0.2) is 14.8 Å². The molecule has 1 aromatic heterocycles. The molecular formula is C21H20N4O6S. The summed E-state index contributed by atoms with van der Waals surface area (Å²) in [6, 6.07) is 6.78. The fourth-order valence-corrected chi connectivity index (χ4v) is 4.14.